The van der Waals surface area contributed by atoms with Gasteiger partial charge in [-0.25, -0.2) is 0 Å². The van der Waals surface area contributed by atoms with Crippen molar-refractivity contribution >= 4 is 5.97 Å². The Morgan fingerprint density at radius 2 is 1.19 bits per heavy atom. The highest BCUT2D eigenvalue weighted by Crippen LogP contribution is 2.10. The molecule has 0 atom stereocenters. The predicted octanol–water partition coefficient (Wildman–Crippen LogP) is 3.41. The van der Waals surface area contributed by atoms with E-state index in [9.17, 15) is 4.79 Å². The van der Waals surface area contributed by atoms with Gasteiger partial charge in [0, 0.05) is 12.8 Å². The molecule has 5 heteroatoms. The lowest BCUT2D eigenvalue weighted by atomic mass is 10.1. The first kappa shape index (κ1) is 22.6. The van der Waals surface area contributed by atoms with Gasteiger partial charge in [-0.2, -0.15) is 0 Å². The van der Waals surface area contributed by atoms with Gasteiger partial charge in [-0.05, 0) is 12.8 Å². The average molecular weight is 306 g/mol. The van der Waals surface area contributed by atoms with Crippen LogP contribution in [0.4, 0.5) is 0 Å². The third-order valence-electron chi connectivity index (χ3n) is 3.08. The zero-order valence-corrected chi connectivity index (χ0v) is 13.7. The molecule has 0 aliphatic rings. The number of hydrogen-bond donors (Lipinski definition) is 4. The Bertz CT molecular complexity index is 223. The van der Waals surface area contributed by atoms with Crippen molar-refractivity contribution in [2.75, 3.05) is 0 Å². The molecule has 0 radical (unpaired) electrons. The molecule has 5 nitrogen and oxygen atoms in total. The average Bonchev–Trinajstić information content (AvgIpc) is 2.36. The first-order valence-electron chi connectivity index (χ1n) is 8.22. The van der Waals surface area contributed by atoms with Gasteiger partial charge in [0.15, 0.2) is 0 Å². The van der Waals surface area contributed by atoms with E-state index in [2.05, 4.69) is 6.92 Å². The first-order valence-corrected chi connectivity index (χ1v) is 8.22. The lowest BCUT2D eigenvalue weighted by Gasteiger charge is -2.10. The first-order chi connectivity index (χ1) is 9.83. The molecule has 0 heterocycles. The zero-order valence-electron chi connectivity index (χ0n) is 13.7. The second-order valence-electron chi connectivity index (χ2n) is 5.50. The van der Waals surface area contributed by atoms with Crippen LogP contribution in [0.5, 0.6) is 0 Å². The molecule has 4 N–H and O–H groups in total. The van der Waals surface area contributed by atoms with Crippen LogP contribution in [0, 0.1) is 0 Å². The molecule has 21 heavy (non-hydrogen) atoms. The number of aliphatic carboxylic acids is 1. The number of carbonyl (C=O) groups is 1. The summed E-state index contributed by atoms with van der Waals surface area (Å²) < 4.78 is 0. The van der Waals surface area contributed by atoms with E-state index in [1.54, 1.807) is 6.92 Å². The summed E-state index contributed by atoms with van der Waals surface area (Å²) in [4.78, 5) is 10.2. The molecule has 0 aromatic carbocycles. The third kappa shape index (κ3) is 28.3. The zero-order chi connectivity index (χ0) is 16.6. The molecular weight excluding hydrogens is 272 g/mol. The van der Waals surface area contributed by atoms with Crippen LogP contribution in [0.1, 0.15) is 90.9 Å². The highest BCUT2D eigenvalue weighted by Gasteiger charge is 2.14. The second kappa shape index (κ2) is 15.7. The minimum atomic E-state index is -2.45. The topological polar surface area (TPSA) is 98.0 Å². The summed E-state index contributed by atoms with van der Waals surface area (Å²) in [6.45, 7) is 3.98. The molecule has 0 saturated heterocycles. The Balaban J connectivity index is 0. The molecule has 0 spiro atoms. The van der Waals surface area contributed by atoms with Gasteiger partial charge in [0.1, 0.15) is 0 Å². The van der Waals surface area contributed by atoms with E-state index in [4.69, 9.17) is 20.4 Å². The predicted molar refractivity (Wildman–Crippen MR) is 83.8 cm³/mol. The maximum Gasteiger partial charge on any atom is 0.303 e. The van der Waals surface area contributed by atoms with Crippen molar-refractivity contribution in [2.24, 2.45) is 0 Å². The van der Waals surface area contributed by atoms with Crippen molar-refractivity contribution in [3.8, 4) is 0 Å². The SMILES string of the molecule is CCCC(O)(O)O.CCCCCCCCCCCC(=O)O. The lowest BCUT2D eigenvalue weighted by Crippen LogP contribution is -2.26. The van der Waals surface area contributed by atoms with Crippen molar-refractivity contribution in [1.29, 1.82) is 0 Å². The highest BCUT2D eigenvalue weighted by molar-refractivity contribution is 5.66. The summed E-state index contributed by atoms with van der Waals surface area (Å²) in [5, 5.41) is 32.8. The van der Waals surface area contributed by atoms with E-state index in [-0.39, 0.29) is 6.42 Å². The van der Waals surface area contributed by atoms with Crippen LogP contribution >= 0.6 is 0 Å². The largest absolute Gasteiger partial charge is 0.481 e. The molecule has 0 unspecified atom stereocenters. The minimum Gasteiger partial charge on any atom is -0.481 e. The fourth-order valence-electron chi connectivity index (χ4n) is 1.92. The number of unbranched alkanes of at least 4 members (excludes halogenated alkanes) is 8. The molecule has 0 aliphatic carbocycles. The molecular formula is C16H34O5. The maximum atomic E-state index is 10.2. The molecule has 0 aliphatic heterocycles. The Labute approximate surface area is 129 Å². The van der Waals surface area contributed by atoms with E-state index >= 15 is 0 Å². The van der Waals surface area contributed by atoms with Crippen LogP contribution in [0.3, 0.4) is 0 Å². The quantitative estimate of drug-likeness (QED) is 0.327. The maximum absolute atomic E-state index is 10.2. The summed E-state index contributed by atoms with van der Waals surface area (Å²) in [6, 6.07) is 0. The Kier molecular flexibility index (Phi) is 17.0. The van der Waals surface area contributed by atoms with Crippen molar-refractivity contribution in [3.63, 3.8) is 0 Å². The molecule has 0 rings (SSSR count). The number of aliphatic hydroxyl groups is 3. The van der Waals surface area contributed by atoms with E-state index in [0.29, 0.717) is 12.8 Å². The fraction of sp³-hybridized carbons (Fsp3) is 0.938. The van der Waals surface area contributed by atoms with Crippen LogP contribution in [0.2, 0.25) is 0 Å². The van der Waals surface area contributed by atoms with Gasteiger partial charge in [-0.3, -0.25) is 4.79 Å². The van der Waals surface area contributed by atoms with Crippen LogP contribution in [-0.4, -0.2) is 32.4 Å². The molecule has 0 saturated carbocycles. The van der Waals surface area contributed by atoms with Crippen LogP contribution in [0.15, 0.2) is 0 Å². The Morgan fingerprint density at radius 3 is 1.48 bits per heavy atom. The molecule has 0 fully saturated rings. The summed E-state index contributed by atoms with van der Waals surface area (Å²) in [6.07, 6.45) is 12.0. The van der Waals surface area contributed by atoms with E-state index in [1.165, 1.54) is 44.9 Å². The van der Waals surface area contributed by atoms with Crippen LogP contribution in [0.25, 0.3) is 0 Å². The Morgan fingerprint density at radius 1 is 0.762 bits per heavy atom. The highest BCUT2D eigenvalue weighted by atomic mass is 16.7. The number of hydrogen-bond acceptors (Lipinski definition) is 4. The number of rotatable bonds is 12. The Hall–Kier alpha value is -0.650. The van der Waals surface area contributed by atoms with Gasteiger partial charge in [0.2, 0.25) is 0 Å². The van der Waals surface area contributed by atoms with Crippen molar-refractivity contribution < 1.29 is 25.2 Å². The van der Waals surface area contributed by atoms with Crippen LogP contribution in [-0.2, 0) is 4.79 Å². The van der Waals surface area contributed by atoms with Crippen molar-refractivity contribution in [2.45, 2.75) is 96.9 Å². The molecule has 0 amide bonds. The third-order valence-corrected chi connectivity index (χ3v) is 3.08. The normalized spacial score (nSPS) is 10.9. The smallest absolute Gasteiger partial charge is 0.303 e. The van der Waals surface area contributed by atoms with Crippen molar-refractivity contribution in [3.05, 3.63) is 0 Å². The molecule has 0 aromatic rings. The number of carboxylic acids is 1. The van der Waals surface area contributed by atoms with Gasteiger partial charge < -0.3 is 20.4 Å². The van der Waals surface area contributed by atoms with Gasteiger partial charge >= 0.3 is 5.97 Å². The summed E-state index contributed by atoms with van der Waals surface area (Å²) in [5.74, 6) is -3.11. The van der Waals surface area contributed by atoms with Crippen molar-refractivity contribution in [1.82, 2.24) is 0 Å². The van der Waals surface area contributed by atoms with Gasteiger partial charge in [0.25, 0.3) is 5.97 Å². The van der Waals surface area contributed by atoms with Gasteiger partial charge in [-0.15, -0.1) is 0 Å². The monoisotopic (exact) mass is 306 g/mol. The lowest BCUT2D eigenvalue weighted by molar-refractivity contribution is -0.314. The van der Waals surface area contributed by atoms with Crippen LogP contribution < -0.4 is 0 Å². The molecule has 0 bridgehead atoms. The van der Waals surface area contributed by atoms with Gasteiger partial charge in [0.05, 0.1) is 0 Å². The molecule has 128 valence electrons. The summed E-state index contributed by atoms with van der Waals surface area (Å²) in [5.41, 5.74) is 0. The molecule has 0 aromatic heterocycles. The van der Waals surface area contributed by atoms with E-state index in [0.717, 1.165) is 12.8 Å². The summed E-state index contributed by atoms with van der Waals surface area (Å²) >= 11 is 0. The summed E-state index contributed by atoms with van der Waals surface area (Å²) in [7, 11) is 0. The fourth-order valence-corrected chi connectivity index (χ4v) is 1.92. The van der Waals surface area contributed by atoms with Gasteiger partial charge in [-0.1, -0.05) is 65.2 Å². The second-order valence-corrected chi connectivity index (χ2v) is 5.50. The van der Waals surface area contributed by atoms with E-state index in [1.807, 2.05) is 0 Å². The van der Waals surface area contributed by atoms with E-state index < -0.39 is 11.9 Å². The minimum absolute atomic E-state index is 0.00694. The standard InChI is InChI=1S/C12H24O2.C4H10O3/c1-2-3-4-5-6-7-8-9-10-11-12(13)14;1-2-3-4(5,6)7/h2-11H2,1H3,(H,13,14);5-7H,2-3H2,1H3. The number of carboxylic acid groups (broad SMARTS) is 1.